The first-order chi connectivity index (χ1) is 16.0. The van der Waals surface area contributed by atoms with Crippen LogP contribution in [0.15, 0.2) is 18.2 Å². The third-order valence-corrected chi connectivity index (χ3v) is 5.53. The number of hydrogen-bond donors (Lipinski definition) is 3. The summed E-state index contributed by atoms with van der Waals surface area (Å²) >= 11 is 0. The highest BCUT2D eigenvalue weighted by atomic mass is 16.6. The Morgan fingerprint density at radius 2 is 1.97 bits per heavy atom. The fourth-order valence-corrected chi connectivity index (χ4v) is 3.91. The molecule has 0 saturated carbocycles. The first kappa shape index (κ1) is 25.1. The molecule has 0 radical (unpaired) electrons. The van der Waals surface area contributed by atoms with Gasteiger partial charge in [0, 0.05) is 6.54 Å². The van der Waals surface area contributed by atoms with Crippen molar-refractivity contribution in [2.75, 3.05) is 11.9 Å². The smallest absolute Gasteiger partial charge is 0.410 e. The van der Waals surface area contributed by atoms with Gasteiger partial charge in [0.1, 0.15) is 11.6 Å². The second kappa shape index (κ2) is 10.2. The molecule has 1 fully saturated rings. The van der Waals surface area contributed by atoms with Crippen molar-refractivity contribution in [1.29, 1.82) is 0 Å². The van der Waals surface area contributed by atoms with Gasteiger partial charge in [0.2, 0.25) is 5.91 Å². The molecule has 0 bridgehead atoms. The van der Waals surface area contributed by atoms with E-state index in [4.69, 9.17) is 4.74 Å². The molecular formula is C23H33N7O4. The van der Waals surface area contributed by atoms with Crippen molar-refractivity contribution in [1.82, 2.24) is 30.8 Å². The molecule has 2 atom stereocenters. The SMILES string of the molecule is Cc1cccc(NC(=O)[C@@H]2CCCN2C(=O)OC(C)(C)C)c1C(=O)N[C@H](c1nn[nH]n1)C(C)C. The maximum absolute atomic E-state index is 13.3. The zero-order valence-electron chi connectivity index (χ0n) is 20.5. The molecule has 0 unspecified atom stereocenters. The van der Waals surface area contributed by atoms with Crippen molar-refractivity contribution in [2.45, 2.75) is 72.1 Å². The summed E-state index contributed by atoms with van der Waals surface area (Å²) in [6, 6.07) is 4.10. The second-order valence-corrected chi connectivity index (χ2v) is 9.78. The first-order valence-electron chi connectivity index (χ1n) is 11.4. The van der Waals surface area contributed by atoms with E-state index in [9.17, 15) is 14.4 Å². The number of nitrogens with zero attached hydrogens (tertiary/aromatic N) is 4. The molecule has 0 spiro atoms. The van der Waals surface area contributed by atoms with E-state index < -0.39 is 23.8 Å². The Labute approximate surface area is 199 Å². The number of aromatic amines is 1. The van der Waals surface area contributed by atoms with Gasteiger partial charge in [-0.2, -0.15) is 5.21 Å². The Hall–Kier alpha value is -3.50. The minimum absolute atomic E-state index is 0.00415. The molecule has 2 aromatic rings. The Kier molecular flexibility index (Phi) is 7.53. The van der Waals surface area contributed by atoms with Crippen molar-refractivity contribution in [3.8, 4) is 0 Å². The van der Waals surface area contributed by atoms with Crippen LogP contribution in [0.5, 0.6) is 0 Å². The quantitative estimate of drug-likeness (QED) is 0.588. The number of anilines is 1. The number of H-pyrrole nitrogens is 1. The Balaban J connectivity index is 1.79. The summed E-state index contributed by atoms with van der Waals surface area (Å²) < 4.78 is 5.46. The monoisotopic (exact) mass is 471 g/mol. The fourth-order valence-electron chi connectivity index (χ4n) is 3.91. The molecule has 11 heteroatoms. The number of likely N-dealkylation sites (tertiary alicyclic amines) is 1. The predicted octanol–water partition coefficient (Wildman–Crippen LogP) is 2.97. The van der Waals surface area contributed by atoms with Crippen molar-refractivity contribution < 1.29 is 19.1 Å². The van der Waals surface area contributed by atoms with E-state index in [2.05, 4.69) is 31.3 Å². The van der Waals surface area contributed by atoms with Crippen LogP contribution in [0.1, 0.15) is 75.2 Å². The normalized spacial score (nSPS) is 16.9. The number of aromatic nitrogens is 4. The number of rotatable bonds is 6. The van der Waals surface area contributed by atoms with Crippen LogP contribution in [-0.2, 0) is 9.53 Å². The standard InChI is InChI=1S/C23H33N7O4/c1-13(2)18(19-26-28-29-27-19)25-21(32)17-14(3)9-7-10-15(17)24-20(31)16-11-8-12-30(16)22(33)34-23(4,5)6/h7,9-10,13,16,18H,8,11-12H2,1-6H3,(H,24,31)(H,25,32)(H,26,27,28,29)/t16-,18-/m0/s1. The van der Waals surface area contributed by atoms with E-state index in [-0.39, 0.29) is 17.7 Å². The largest absolute Gasteiger partial charge is 0.444 e. The molecule has 3 N–H and O–H groups in total. The number of tetrazole rings is 1. The molecule has 3 rings (SSSR count). The molecule has 1 saturated heterocycles. The van der Waals surface area contributed by atoms with E-state index in [1.54, 1.807) is 45.9 Å². The van der Waals surface area contributed by atoms with Gasteiger partial charge in [-0.05, 0) is 58.1 Å². The molecule has 1 aromatic carbocycles. The van der Waals surface area contributed by atoms with Gasteiger partial charge in [0.25, 0.3) is 5.91 Å². The summed E-state index contributed by atoms with van der Waals surface area (Å²) in [4.78, 5) is 40.5. The molecule has 1 aliphatic rings. The number of carbonyl (C=O) groups is 3. The van der Waals surface area contributed by atoms with Crippen molar-refractivity contribution in [2.24, 2.45) is 5.92 Å². The molecule has 0 aliphatic carbocycles. The van der Waals surface area contributed by atoms with Crippen LogP contribution in [-0.4, -0.2) is 61.6 Å². The maximum atomic E-state index is 13.3. The fraction of sp³-hybridized carbons (Fsp3) is 0.565. The van der Waals surface area contributed by atoms with Gasteiger partial charge < -0.3 is 15.4 Å². The third-order valence-electron chi connectivity index (χ3n) is 5.53. The Morgan fingerprint density at radius 1 is 1.24 bits per heavy atom. The summed E-state index contributed by atoms with van der Waals surface area (Å²) in [6.07, 6.45) is 0.692. The lowest BCUT2D eigenvalue weighted by atomic mass is 10.0. The zero-order valence-corrected chi connectivity index (χ0v) is 20.5. The van der Waals surface area contributed by atoms with Crippen LogP contribution in [0.25, 0.3) is 0 Å². The summed E-state index contributed by atoms with van der Waals surface area (Å²) in [5.74, 6) is -0.347. The predicted molar refractivity (Wildman–Crippen MR) is 125 cm³/mol. The molecule has 3 amide bonds. The van der Waals surface area contributed by atoms with Gasteiger partial charge >= 0.3 is 6.09 Å². The van der Waals surface area contributed by atoms with Crippen LogP contribution in [0, 0.1) is 12.8 Å². The molecule has 34 heavy (non-hydrogen) atoms. The van der Waals surface area contributed by atoms with Gasteiger partial charge in [-0.25, -0.2) is 4.79 Å². The van der Waals surface area contributed by atoms with Crippen LogP contribution in [0.4, 0.5) is 10.5 Å². The average molecular weight is 472 g/mol. The topological polar surface area (TPSA) is 142 Å². The highest BCUT2D eigenvalue weighted by Crippen LogP contribution is 2.26. The van der Waals surface area contributed by atoms with Gasteiger partial charge in [-0.3, -0.25) is 14.5 Å². The molecule has 184 valence electrons. The minimum Gasteiger partial charge on any atom is -0.444 e. The highest BCUT2D eigenvalue weighted by Gasteiger charge is 2.37. The molecular weight excluding hydrogens is 438 g/mol. The number of nitrogens with one attached hydrogen (secondary N) is 3. The molecule has 11 nitrogen and oxygen atoms in total. The lowest BCUT2D eigenvalue weighted by molar-refractivity contribution is -0.120. The maximum Gasteiger partial charge on any atom is 0.410 e. The first-order valence-corrected chi connectivity index (χ1v) is 11.4. The molecule has 1 aliphatic heterocycles. The van der Waals surface area contributed by atoms with Crippen LogP contribution in [0.2, 0.25) is 0 Å². The number of aryl methyl sites for hydroxylation is 1. The lowest BCUT2D eigenvalue weighted by Crippen LogP contribution is -2.45. The summed E-state index contributed by atoms with van der Waals surface area (Å²) in [6.45, 7) is 11.5. The summed E-state index contributed by atoms with van der Waals surface area (Å²) in [7, 11) is 0. The minimum atomic E-state index is -0.672. The van der Waals surface area contributed by atoms with Crippen molar-refractivity contribution >= 4 is 23.6 Å². The number of carbonyl (C=O) groups excluding carboxylic acids is 3. The third kappa shape index (κ3) is 5.89. The van der Waals surface area contributed by atoms with Crippen LogP contribution < -0.4 is 10.6 Å². The van der Waals surface area contributed by atoms with Crippen molar-refractivity contribution in [3.63, 3.8) is 0 Å². The number of ether oxygens (including phenoxy) is 1. The van der Waals surface area contributed by atoms with Gasteiger partial charge in [-0.15, -0.1) is 10.2 Å². The highest BCUT2D eigenvalue weighted by molar-refractivity contribution is 6.06. The molecule has 1 aromatic heterocycles. The average Bonchev–Trinajstić information content (AvgIpc) is 3.42. The van der Waals surface area contributed by atoms with Crippen LogP contribution in [0.3, 0.4) is 0 Å². The zero-order chi connectivity index (χ0) is 25.0. The second-order valence-electron chi connectivity index (χ2n) is 9.78. The Bertz CT molecular complexity index is 1030. The number of hydrogen-bond acceptors (Lipinski definition) is 7. The van der Waals surface area contributed by atoms with E-state index in [0.29, 0.717) is 42.0 Å². The summed E-state index contributed by atoms with van der Waals surface area (Å²) in [5.41, 5.74) is 0.746. The van der Waals surface area contributed by atoms with Crippen molar-refractivity contribution in [3.05, 3.63) is 35.2 Å². The Morgan fingerprint density at radius 3 is 2.59 bits per heavy atom. The van der Waals surface area contributed by atoms with Crippen LogP contribution >= 0.6 is 0 Å². The van der Waals surface area contributed by atoms with E-state index in [1.165, 1.54) is 4.90 Å². The van der Waals surface area contributed by atoms with E-state index in [1.807, 2.05) is 13.8 Å². The van der Waals surface area contributed by atoms with Gasteiger partial charge in [0.05, 0.1) is 17.3 Å². The van der Waals surface area contributed by atoms with E-state index in [0.717, 1.165) is 0 Å². The lowest BCUT2D eigenvalue weighted by Gasteiger charge is -2.28. The number of benzene rings is 1. The van der Waals surface area contributed by atoms with E-state index >= 15 is 0 Å². The summed E-state index contributed by atoms with van der Waals surface area (Å²) in [5, 5.41) is 19.8. The van der Waals surface area contributed by atoms with Gasteiger partial charge in [-0.1, -0.05) is 31.2 Å². The van der Waals surface area contributed by atoms with Gasteiger partial charge in [0.15, 0.2) is 5.82 Å². The number of amides is 3. The molecule has 2 heterocycles.